The second-order valence-electron chi connectivity index (χ2n) is 10.8. The Labute approximate surface area is 249 Å². The molecule has 3 aromatic rings. The van der Waals surface area contributed by atoms with E-state index < -0.39 is 34.7 Å². The Morgan fingerprint density at radius 1 is 1.12 bits per heavy atom. The van der Waals surface area contributed by atoms with Crippen LogP contribution >= 0.6 is 23.4 Å². The van der Waals surface area contributed by atoms with E-state index in [0.29, 0.717) is 12.2 Å². The molecule has 1 fully saturated rings. The molecule has 0 saturated carbocycles. The minimum absolute atomic E-state index is 0.155. The number of aromatic nitrogens is 2. The first-order valence-electron chi connectivity index (χ1n) is 13.4. The maximum Gasteiger partial charge on any atom is 0.256 e. The van der Waals surface area contributed by atoms with Crippen LogP contribution in [0.1, 0.15) is 46.6 Å². The lowest BCUT2D eigenvalue weighted by Gasteiger charge is -2.33. The van der Waals surface area contributed by atoms with Crippen molar-refractivity contribution in [1.82, 2.24) is 25.3 Å². The number of amides is 3. The van der Waals surface area contributed by atoms with Crippen LogP contribution in [0, 0.1) is 13.8 Å². The van der Waals surface area contributed by atoms with E-state index in [4.69, 9.17) is 11.6 Å². The van der Waals surface area contributed by atoms with Crippen LogP contribution in [0.15, 0.2) is 54.6 Å². The molecule has 0 spiro atoms. The summed E-state index contributed by atoms with van der Waals surface area (Å²) in [6, 6.07) is 15.2. The summed E-state index contributed by atoms with van der Waals surface area (Å²) in [5, 5.41) is 21.6. The normalized spacial score (nSPS) is 17.6. The van der Waals surface area contributed by atoms with E-state index in [1.807, 2.05) is 75.4 Å². The number of carbonyl (C=O) groups is 3. The zero-order valence-electron chi connectivity index (χ0n) is 23.8. The molecule has 1 aromatic heterocycles. The van der Waals surface area contributed by atoms with Gasteiger partial charge in [0.05, 0.1) is 23.2 Å². The van der Waals surface area contributed by atoms with Gasteiger partial charge >= 0.3 is 0 Å². The van der Waals surface area contributed by atoms with E-state index in [2.05, 4.69) is 15.7 Å². The minimum Gasteiger partial charge on any atom is -0.381 e. The third-order valence-corrected chi connectivity index (χ3v) is 9.23. The topological polar surface area (TPSA) is 117 Å². The fourth-order valence-corrected chi connectivity index (χ4v) is 6.48. The number of nitrogens with one attached hydrogen (secondary N) is 2. The third kappa shape index (κ3) is 6.77. The number of carbonyl (C=O) groups excluding carboxylic acids is 3. The summed E-state index contributed by atoms with van der Waals surface area (Å²) in [4.78, 5) is 42.1. The van der Waals surface area contributed by atoms with Crippen molar-refractivity contribution in [2.24, 2.45) is 7.05 Å². The quantitative estimate of drug-likeness (QED) is 0.348. The molecule has 9 nitrogen and oxygen atoms in total. The first-order valence-corrected chi connectivity index (χ1v) is 14.8. The minimum atomic E-state index is -1.61. The first-order chi connectivity index (χ1) is 19.4. The Bertz CT molecular complexity index is 1430. The molecule has 1 aliphatic heterocycles. The molecule has 0 bridgehead atoms. The first kappa shape index (κ1) is 30.6. The zero-order valence-corrected chi connectivity index (χ0v) is 25.4. The van der Waals surface area contributed by atoms with Crippen LogP contribution in [0.3, 0.4) is 0 Å². The molecule has 3 atom stereocenters. The second-order valence-corrected chi connectivity index (χ2v) is 12.8. The van der Waals surface area contributed by atoms with E-state index in [1.54, 1.807) is 14.0 Å². The number of hydrogen-bond donors (Lipinski definition) is 3. The second kappa shape index (κ2) is 12.7. The van der Waals surface area contributed by atoms with E-state index >= 15 is 0 Å². The van der Waals surface area contributed by atoms with Crippen molar-refractivity contribution in [2.75, 3.05) is 5.88 Å². The smallest absolute Gasteiger partial charge is 0.256 e. The van der Waals surface area contributed by atoms with Gasteiger partial charge in [-0.25, -0.2) is 0 Å². The molecule has 1 aliphatic rings. The van der Waals surface area contributed by atoms with Gasteiger partial charge in [-0.15, -0.1) is 11.8 Å². The number of rotatable bonds is 9. The lowest BCUT2D eigenvalue weighted by molar-refractivity contribution is -0.147. The van der Waals surface area contributed by atoms with E-state index in [-0.39, 0.29) is 28.9 Å². The molecule has 3 amide bonds. The summed E-state index contributed by atoms with van der Waals surface area (Å²) in [5.41, 5.74) is 3.47. The Morgan fingerprint density at radius 2 is 1.78 bits per heavy atom. The highest BCUT2D eigenvalue weighted by molar-refractivity contribution is 8.00. The number of aliphatic hydroxyl groups is 1. The van der Waals surface area contributed by atoms with Crippen molar-refractivity contribution in [2.45, 2.75) is 63.6 Å². The number of aliphatic hydroxyl groups excluding tert-OH is 1. The Hall–Kier alpha value is -3.34. The van der Waals surface area contributed by atoms with Crippen molar-refractivity contribution in [1.29, 1.82) is 0 Å². The van der Waals surface area contributed by atoms with Gasteiger partial charge in [0.2, 0.25) is 5.91 Å². The van der Waals surface area contributed by atoms with E-state index in [9.17, 15) is 19.5 Å². The molecule has 218 valence electrons. The van der Waals surface area contributed by atoms with Crippen molar-refractivity contribution in [3.05, 3.63) is 87.7 Å². The Kier molecular flexibility index (Phi) is 9.46. The molecule has 11 heteroatoms. The highest BCUT2D eigenvalue weighted by Gasteiger charge is 2.49. The number of nitrogens with zero attached hydrogens (tertiary/aromatic N) is 3. The monoisotopic (exact) mass is 597 g/mol. The predicted octanol–water partition coefficient (Wildman–Crippen LogP) is 3.39. The van der Waals surface area contributed by atoms with Crippen molar-refractivity contribution >= 4 is 41.1 Å². The average Bonchev–Trinajstić information content (AvgIpc) is 3.39. The molecular weight excluding hydrogens is 562 g/mol. The average molecular weight is 598 g/mol. The van der Waals surface area contributed by atoms with Gasteiger partial charge in [0.15, 0.2) is 6.10 Å². The summed E-state index contributed by atoms with van der Waals surface area (Å²) in [6.45, 7) is 7.78. The summed E-state index contributed by atoms with van der Waals surface area (Å²) in [5.74, 6) is -1.25. The third-order valence-electron chi connectivity index (χ3n) is 7.42. The van der Waals surface area contributed by atoms with Crippen molar-refractivity contribution in [3.8, 4) is 0 Å². The van der Waals surface area contributed by atoms with Crippen molar-refractivity contribution in [3.63, 3.8) is 0 Å². The van der Waals surface area contributed by atoms with Gasteiger partial charge in [0.1, 0.15) is 11.2 Å². The lowest BCUT2D eigenvalue weighted by Crippen LogP contribution is -2.58. The number of benzene rings is 2. The summed E-state index contributed by atoms with van der Waals surface area (Å²) in [6.07, 6.45) is -1.43. The largest absolute Gasteiger partial charge is 0.381 e. The predicted molar refractivity (Wildman–Crippen MR) is 161 cm³/mol. The molecule has 0 aliphatic carbocycles. The zero-order chi connectivity index (χ0) is 29.9. The molecule has 1 saturated heterocycles. The van der Waals surface area contributed by atoms with Crippen LogP contribution in [0.25, 0.3) is 0 Å². The van der Waals surface area contributed by atoms with Gasteiger partial charge in [0.25, 0.3) is 11.8 Å². The number of halogens is 1. The van der Waals surface area contributed by atoms with Crippen LogP contribution in [0.2, 0.25) is 5.15 Å². The summed E-state index contributed by atoms with van der Waals surface area (Å²) in [7, 11) is 1.63. The van der Waals surface area contributed by atoms with Gasteiger partial charge in [-0.2, -0.15) is 5.10 Å². The molecule has 41 heavy (non-hydrogen) atoms. The Balaban J connectivity index is 1.56. The van der Waals surface area contributed by atoms with E-state index in [0.717, 1.165) is 16.7 Å². The fourth-order valence-electron chi connectivity index (χ4n) is 5.08. The number of hydrogen-bond acceptors (Lipinski definition) is 6. The van der Waals surface area contributed by atoms with Crippen LogP contribution in [0.5, 0.6) is 0 Å². The SMILES string of the molecule is Cc1ccccc1CNC(=O)C1N(C(=O)C(O)C(Cc2ccccc2)NC(=O)c2c(C)nn(C)c2Cl)CSC1(C)C. The van der Waals surface area contributed by atoms with Gasteiger partial charge in [-0.05, 0) is 50.8 Å². The summed E-state index contributed by atoms with van der Waals surface area (Å²) < 4.78 is 0.799. The summed E-state index contributed by atoms with van der Waals surface area (Å²) >= 11 is 7.79. The van der Waals surface area contributed by atoms with Gasteiger partial charge in [-0.3, -0.25) is 19.1 Å². The maximum atomic E-state index is 13.9. The van der Waals surface area contributed by atoms with Gasteiger partial charge < -0.3 is 20.6 Å². The highest BCUT2D eigenvalue weighted by atomic mass is 35.5. The number of thioether (sulfide) groups is 1. The molecule has 2 aromatic carbocycles. The molecule has 3 unspecified atom stereocenters. The fraction of sp³-hybridized carbons (Fsp3) is 0.400. The molecule has 2 heterocycles. The molecule has 4 rings (SSSR count). The Morgan fingerprint density at radius 3 is 2.41 bits per heavy atom. The van der Waals surface area contributed by atoms with Gasteiger partial charge in [-0.1, -0.05) is 66.2 Å². The standard InChI is InChI=1S/C30H36ClN5O4S/c1-18-11-9-10-14-21(18)16-32-28(39)25-30(3,4)41-17-36(25)29(40)24(37)22(15-20-12-7-6-8-13-20)33-27(38)23-19(2)34-35(5)26(23)31/h6-14,22,24-25,37H,15-17H2,1-5H3,(H,32,39)(H,33,38). The molecule has 0 radical (unpaired) electrons. The van der Waals surface area contributed by atoms with E-state index in [1.165, 1.54) is 21.3 Å². The van der Waals surface area contributed by atoms with Gasteiger partial charge in [0, 0.05) is 18.3 Å². The maximum absolute atomic E-state index is 13.9. The highest BCUT2D eigenvalue weighted by Crippen LogP contribution is 2.40. The van der Waals surface area contributed by atoms with Crippen LogP contribution in [-0.4, -0.2) is 66.3 Å². The van der Waals surface area contributed by atoms with Crippen LogP contribution in [-0.2, 0) is 29.6 Å². The van der Waals surface area contributed by atoms with Crippen molar-refractivity contribution < 1.29 is 19.5 Å². The lowest BCUT2D eigenvalue weighted by atomic mass is 9.97. The molecular formula is C30H36ClN5O4S. The van der Waals surface area contributed by atoms with Crippen LogP contribution in [0.4, 0.5) is 0 Å². The number of aryl methyl sites for hydroxylation is 3. The van der Waals surface area contributed by atoms with Crippen LogP contribution < -0.4 is 10.6 Å². The molecule has 3 N–H and O–H groups in total.